The van der Waals surface area contributed by atoms with Gasteiger partial charge in [0.2, 0.25) is 0 Å². The Kier molecular flexibility index (Phi) is 7.62. The molecule has 5 fully saturated rings. The first-order chi connectivity index (χ1) is 20.9. The molecule has 1 aliphatic heterocycles. The van der Waals surface area contributed by atoms with Gasteiger partial charge in [-0.1, -0.05) is 37.3 Å². The highest BCUT2D eigenvalue weighted by atomic mass is 16.3. The molecule has 3 aromatic rings. The van der Waals surface area contributed by atoms with E-state index in [1.165, 1.54) is 49.7 Å². The van der Waals surface area contributed by atoms with Gasteiger partial charge in [-0.15, -0.1) is 10.2 Å². The zero-order valence-electron chi connectivity index (χ0n) is 25.7. The number of hydrogen-bond acceptors (Lipinski definition) is 6. The summed E-state index contributed by atoms with van der Waals surface area (Å²) in [6.07, 6.45) is 9.15. The van der Waals surface area contributed by atoms with Gasteiger partial charge in [0.1, 0.15) is 5.75 Å². The van der Waals surface area contributed by atoms with E-state index in [0.29, 0.717) is 16.9 Å². The molecule has 4 aliphatic carbocycles. The van der Waals surface area contributed by atoms with Crippen LogP contribution in [-0.4, -0.2) is 70.8 Å². The van der Waals surface area contributed by atoms with E-state index >= 15 is 0 Å². The van der Waals surface area contributed by atoms with Gasteiger partial charge in [0.25, 0.3) is 5.91 Å². The number of aromatic nitrogens is 2. The highest BCUT2D eigenvalue weighted by molar-refractivity contribution is 5.92. The fraction of sp³-hybridized carbons (Fsp3) is 0.528. The SMILES string of the molecule is CCc1cc(-c2cccc(O)c2)ccc1CN1CCN(c2ccc(C(=O)N(C)CC34CC5CC(CC(C5)C3)C4)nn2)CC1. The zero-order chi connectivity index (χ0) is 29.6. The number of carbonyl (C=O) groups is 1. The van der Waals surface area contributed by atoms with Gasteiger partial charge in [-0.3, -0.25) is 9.69 Å². The standard InChI is InChI=1S/C36H45N5O2/c1-3-28-18-30(29-5-4-6-32(42)19-29)7-8-31(28)23-40-11-13-41(14-12-40)34-10-9-33(37-38-34)35(43)39(2)24-36-20-25-15-26(21-36)17-27(16-25)22-36/h4-10,18-19,25-27,42H,3,11-17,20-24H2,1-2H3. The predicted molar refractivity (Wildman–Crippen MR) is 170 cm³/mol. The number of anilines is 1. The Hall–Kier alpha value is -3.45. The first-order valence-corrected chi connectivity index (χ1v) is 16.3. The minimum atomic E-state index is 0.00132. The molecular formula is C36H45N5O2. The van der Waals surface area contributed by atoms with Crippen LogP contribution in [-0.2, 0) is 13.0 Å². The molecule has 5 aliphatic rings. The van der Waals surface area contributed by atoms with E-state index in [-0.39, 0.29) is 5.91 Å². The molecule has 7 heteroatoms. The van der Waals surface area contributed by atoms with Crippen LogP contribution in [0.25, 0.3) is 11.1 Å². The van der Waals surface area contributed by atoms with Gasteiger partial charge in [-0.05, 0) is 115 Å². The second-order valence-electron chi connectivity index (χ2n) is 14.0. The molecule has 226 valence electrons. The van der Waals surface area contributed by atoms with E-state index in [2.05, 4.69) is 45.1 Å². The number of hydrogen-bond donors (Lipinski definition) is 1. The predicted octanol–water partition coefficient (Wildman–Crippen LogP) is 6.02. The molecule has 0 unspecified atom stereocenters. The molecule has 0 radical (unpaired) electrons. The summed E-state index contributed by atoms with van der Waals surface area (Å²) in [6.45, 7) is 7.66. The normalized spacial score (nSPS) is 26.6. The summed E-state index contributed by atoms with van der Waals surface area (Å²) in [5.74, 6) is 3.81. The molecule has 4 bridgehead atoms. The summed E-state index contributed by atoms with van der Waals surface area (Å²) in [5, 5.41) is 18.8. The lowest BCUT2D eigenvalue weighted by Crippen LogP contribution is -2.51. The third-order valence-electron chi connectivity index (χ3n) is 10.8. The van der Waals surface area contributed by atoms with E-state index in [1.807, 2.05) is 42.3 Å². The molecule has 4 saturated carbocycles. The second kappa shape index (κ2) is 11.6. The average Bonchev–Trinajstić information content (AvgIpc) is 3.00. The van der Waals surface area contributed by atoms with Crippen LogP contribution < -0.4 is 4.90 Å². The number of nitrogens with zero attached hydrogens (tertiary/aromatic N) is 5. The number of phenols is 1. The van der Waals surface area contributed by atoms with Crippen LogP contribution >= 0.6 is 0 Å². The molecule has 2 aromatic carbocycles. The molecule has 0 spiro atoms. The fourth-order valence-electron chi connectivity index (χ4n) is 9.21. The smallest absolute Gasteiger partial charge is 0.274 e. The maximum atomic E-state index is 13.3. The monoisotopic (exact) mass is 579 g/mol. The van der Waals surface area contributed by atoms with Crippen molar-refractivity contribution in [2.75, 3.05) is 44.7 Å². The Bertz CT molecular complexity index is 1430. The Morgan fingerprint density at radius 1 is 0.884 bits per heavy atom. The average molecular weight is 580 g/mol. The largest absolute Gasteiger partial charge is 0.508 e. The number of carbonyl (C=O) groups excluding carboxylic acids is 1. The van der Waals surface area contributed by atoms with E-state index in [1.54, 1.807) is 6.07 Å². The molecule has 1 N–H and O–H groups in total. The number of benzene rings is 2. The maximum Gasteiger partial charge on any atom is 0.274 e. The quantitative estimate of drug-likeness (QED) is 0.352. The fourth-order valence-corrected chi connectivity index (χ4v) is 9.21. The van der Waals surface area contributed by atoms with Crippen molar-refractivity contribution in [3.05, 3.63) is 71.4 Å². The van der Waals surface area contributed by atoms with E-state index < -0.39 is 0 Å². The lowest BCUT2D eigenvalue weighted by molar-refractivity contribution is -0.0629. The van der Waals surface area contributed by atoms with Crippen molar-refractivity contribution in [3.63, 3.8) is 0 Å². The Morgan fingerprint density at radius 3 is 2.21 bits per heavy atom. The first-order valence-electron chi connectivity index (χ1n) is 16.3. The van der Waals surface area contributed by atoms with Gasteiger partial charge in [0, 0.05) is 46.3 Å². The van der Waals surface area contributed by atoms with Crippen molar-refractivity contribution in [3.8, 4) is 16.9 Å². The molecule has 1 amide bonds. The Balaban J connectivity index is 0.933. The van der Waals surface area contributed by atoms with Crippen LogP contribution in [0.1, 0.15) is 67.1 Å². The number of amides is 1. The van der Waals surface area contributed by atoms with Gasteiger partial charge in [0.05, 0.1) is 0 Å². The summed E-state index contributed by atoms with van der Waals surface area (Å²) < 4.78 is 0. The summed E-state index contributed by atoms with van der Waals surface area (Å²) in [7, 11) is 1.96. The Labute approximate surface area is 255 Å². The van der Waals surface area contributed by atoms with Crippen molar-refractivity contribution in [2.45, 2.75) is 58.4 Å². The lowest BCUT2D eigenvalue weighted by atomic mass is 9.49. The molecule has 8 rings (SSSR count). The Morgan fingerprint density at radius 2 is 1.58 bits per heavy atom. The third kappa shape index (κ3) is 5.88. The van der Waals surface area contributed by atoms with Crippen LogP contribution in [0, 0.1) is 23.2 Å². The van der Waals surface area contributed by atoms with Crippen LogP contribution in [0.15, 0.2) is 54.6 Å². The molecule has 2 heterocycles. The number of piperazine rings is 1. The van der Waals surface area contributed by atoms with E-state index in [9.17, 15) is 9.90 Å². The number of phenolic OH excluding ortho intramolecular Hbond substituents is 1. The van der Waals surface area contributed by atoms with Gasteiger partial charge in [-0.25, -0.2) is 0 Å². The van der Waals surface area contributed by atoms with Crippen molar-refractivity contribution in [2.24, 2.45) is 23.2 Å². The van der Waals surface area contributed by atoms with Crippen LogP contribution in [0.4, 0.5) is 5.82 Å². The summed E-state index contributed by atoms with van der Waals surface area (Å²) in [4.78, 5) is 20.0. The van der Waals surface area contributed by atoms with Crippen LogP contribution in [0.2, 0.25) is 0 Å². The van der Waals surface area contributed by atoms with Crippen LogP contribution in [0.3, 0.4) is 0 Å². The molecular weight excluding hydrogens is 534 g/mol. The second-order valence-corrected chi connectivity index (χ2v) is 14.0. The highest BCUT2D eigenvalue weighted by Crippen LogP contribution is 2.60. The summed E-state index contributed by atoms with van der Waals surface area (Å²) in [6, 6.07) is 18.0. The molecule has 1 aromatic heterocycles. The molecule has 7 nitrogen and oxygen atoms in total. The van der Waals surface area contributed by atoms with Gasteiger partial charge < -0.3 is 14.9 Å². The third-order valence-corrected chi connectivity index (χ3v) is 10.8. The lowest BCUT2D eigenvalue weighted by Gasteiger charge is -2.57. The topological polar surface area (TPSA) is 72.8 Å². The zero-order valence-corrected chi connectivity index (χ0v) is 25.7. The number of aryl methyl sites for hydroxylation is 1. The van der Waals surface area contributed by atoms with Crippen molar-refractivity contribution in [1.29, 1.82) is 0 Å². The summed E-state index contributed by atoms with van der Waals surface area (Å²) in [5.41, 5.74) is 5.68. The van der Waals surface area contributed by atoms with Crippen molar-refractivity contribution in [1.82, 2.24) is 20.0 Å². The molecule has 1 saturated heterocycles. The molecule has 43 heavy (non-hydrogen) atoms. The van der Waals surface area contributed by atoms with E-state index in [0.717, 1.165) is 80.4 Å². The minimum Gasteiger partial charge on any atom is -0.508 e. The number of rotatable bonds is 8. The number of aromatic hydroxyl groups is 1. The van der Waals surface area contributed by atoms with Gasteiger partial charge in [0.15, 0.2) is 11.5 Å². The summed E-state index contributed by atoms with van der Waals surface area (Å²) >= 11 is 0. The van der Waals surface area contributed by atoms with Crippen LogP contribution in [0.5, 0.6) is 5.75 Å². The highest BCUT2D eigenvalue weighted by Gasteiger charge is 2.51. The minimum absolute atomic E-state index is 0.00132. The molecule has 0 atom stereocenters. The van der Waals surface area contributed by atoms with E-state index in [4.69, 9.17) is 0 Å². The van der Waals surface area contributed by atoms with Gasteiger partial charge >= 0.3 is 0 Å². The first kappa shape index (κ1) is 28.3. The maximum absolute atomic E-state index is 13.3. The van der Waals surface area contributed by atoms with Gasteiger partial charge in [-0.2, -0.15) is 0 Å². The van der Waals surface area contributed by atoms with Crippen molar-refractivity contribution < 1.29 is 9.90 Å². The van der Waals surface area contributed by atoms with Crippen molar-refractivity contribution >= 4 is 11.7 Å².